The number of carboxylic acids is 1. The highest BCUT2D eigenvalue weighted by molar-refractivity contribution is 5.97. The largest absolute Gasteiger partial charge is 0.480 e. The Bertz CT molecular complexity index is 501. The third kappa shape index (κ3) is 2.18. The molecule has 18 heavy (non-hydrogen) atoms. The van der Waals surface area contributed by atoms with Crippen molar-refractivity contribution in [3.05, 3.63) is 23.0 Å². The Morgan fingerprint density at radius 3 is 2.78 bits per heavy atom. The van der Waals surface area contributed by atoms with E-state index in [1.54, 1.807) is 19.9 Å². The number of carboxylic acid groups (broad SMARTS) is 1. The summed E-state index contributed by atoms with van der Waals surface area (Å²) in [6.45, 7) is 3.93. The van der Waals surface area contributed by atoms with Crippen LogP contribution in [0.1, 0.15) is 34.6 Å². The van der Waals surface area contributed by atoms with Crippen molar-refractivity contribution < 1.29 is 14.7 Å². The Morgan fingerprint density at radius 2 is 2.11 bits per heavy atom. The van der Waals surface area contributed by atoms with E-state index in [4.69, 9.17) is 5.11 Å². The molecule has 1 aliphatic heterocycles. The predicted octanol–water partition coefficient (Wildman–Crippen LogP) is 0.783. The molecule has 1 aliphatic rings. The molecule has 0 unspecified atom stereocenters. The van der Waals surface area contributed by atoms with Gasteiger partial charge >= 0.3 is 5.97 Å². The smallest absolute Gasteiger partial charge is 0.326 e. The van der Waals surface area contributed by atoms with Crippen molar-refractivity contribution in [1.29, 1.82) is 0 Å². The number of likely N-dealkylation sites (tertiary alicyclic amines) is 1. The molecule has 2 rings (SSSR count). The quantitative estimate of drug-likeness (QED) is 0.837. The summed E-state index contributed by atoms with van der Waals surface area (Å²) in [4.78, 5) is 24.8. The van der Waals surface area contributed by atoms with Crippen molar-refractivity contribution in [3.8, 4) is 0 Å². The first-order valence-electron chi connectivity index (χ1n) is 5.85. The van der Waals surface area contributed by atoms with Gasteiger partial charge in [0.1, 0.15) is 6.04 Å². The van der Waals surface area contributed by atoms with Crippen LogP contribution in [0.2, 0.25) is 0 Å². The molecule has 1 aromatic rings. The first-order valence-corrected chi connectivity index (χ1v) is 5.85. The lowest BCUT2D eigenvalue weighted by molar-refractivity contribution is -0.141. The minimum absolute atomic E-state index is 0.268. The monoisotopic (exact) mass is 249 g/mol. The minimum Gasteiger partial charge on any atom is -0.480 e. The molecule has 0 spiro atoms. The summed E-state index contributed by atoms with van der Waals surface area (Å²) in [5, 5.41) is 16.8. The third-order valence-corrected chi connectivity index (χ3v) is 3.13. The molecule has 1 saturated heterocycles. The van der Waals surface area contributed by atoms with Gasteiger partial charge in [0.15, 0.2) is 0 Å². The molecule has 1 fully saturated rings. The zero-order chi connectivity index (χ0) is 13.3. The van der Waals surface area contributed by atoms with Crippen molar-refractivity contribution in [2.45, 2.75) is 32.7 Å². The lowest BCUT2D eigenvalue weighted by Crippen LogP contribution is -2.40. The summed E-state index contributed by atoms with van der Waals surface area (Å²) in [6, 6.07) is 0.937. The maximum Gasteiger partial charge on any atom is 0.326 e. The first kappa shape index (κ1) is 12.5. The van der Waals surface area contributed by atoms with Crippen LogP contribution < -0.4 is 0 Å². The first-order chi connectivity index (χ1) is 8.50. The van der Waals surface area contributed by atoms with Crippen LogP contribution in [0.5, 0.6) is 0 Å². The Kier molecular flexibility index (Phi) is 3.27. The van der Waals surface area contributed by atoms with Gasteiger partial charge in [0.2, 0.25) is 0 Å². The lowest BCUT2D eigenvalue weighted by atomic mass is 10.1. The number of nitrogens with zero attached hydrogens (tertiary/aromatic N) is 3. The van der Waals surface area contributed by atoms with E-state index < -0.39 is 12.0 Å². The topological polar surface area (TPSA) is 83.4 Å². The van der Waals surface area contributed by atoms with Crippen molar-refractivity contribution >= 4 is 11.9 Å². The summed E-state index contributed by atoms with van der Waals surface area (Å²) in [7, 11) is 0. The SMILES string of the molecule is Cc1cc(C(=O)N2CCC[C@@H]2C(=O)O)c(C)nn1. The van der Waals surface area contributed by atoms with Crippen molar-refractivity contribution in [1.82, 2.24) is 15.1 Å². The predicted molar refractivity (Wildman–Crippen MR) is 63.2 cm³/mol. The van der Waals surface area contributed by atoms with Crippen LogP contribution >= 0.6 is 0 Å². The fraction of sp³-hybridized carbons (Fsp3) is 0.500. The molecule has 1 amide bonds. The second-order valence-electron chi connectivity index (χ2n) is 4.48. The normalized spacial score (nSPS) is 19.0. The van der Waals surface area contributed by atoms with Gasteiger partial charge < -0.3 is 10.0 Å². The molecule has 0 aromatic carbocycles. The average Bonchev–Trinajstić information content (AvgIpc) is 2.80. The summed E-state index contributed by atoms with van der Waals surface area (Å²) < 4.78 is 0. The second kappa shape index (κ2) is 4.72. The Hall–Kier alpha value is -1.98. The van der Waals surface area contributed by atoms with Crippen LogP contribution in [0.3, 0.4) is 0 Å². The fourth-order valence-corrected chi connectivity index (χ4v) is 2.19. The molecule has 0 bridgehead atoms. The van der Waals surface area contributed by atoms with Gasteiger partial charge in [-0.3, -0.25) is 4.79 Å². The molecule has 0 saturated carbocycles. The van der Waals surface area contributed by atoms with E-state index in [1.807, 2.05) is 0 Å². The van der Waals surface area contributed by atoms with E-state index >= 15 is 0 Å². The van der Waals surface area contributed by atoms with Gasteiger partial charge in [0.25, 0.3) is 5.91 Å². The summed E-state index contributed by atoms with van der Waals surface area (Å²) in [6.07, 6.45) is 1.23. The Labute approximate surface area is 105 Å². The van der Waals surface area contributed by atoms with Gasteiger partial charge in [-0.2, -0.15) is 10.2 Å². The highest BCUT2D eigenvalue weighted by Crippen LogP contribution is 2.21. The van der Waals surface area contributed by atoms with Gasteiger partial charge in [-0.05, 0) is 32.8 Å². The van der Waals surface area contributed by atoms with Gasteiger partial charge in [0, 0.05) is 6.54 Å². The van der Waals surface area contributed by atoms with E-state index in [0.717, 1.165) is 6.42 Å². The molecular weight excluding hydrogens is 234 g/mol. The third-order valence-electron chi connectivity index (χ3n) is 3.13. The number of aryl methyl sites for hydroxylation is 2. The van der Waals surface area contributed by atoms with Crippen molar-refractivity contribution in [2.24, 2.45) is 0 Å². The van der Waals surface area contributed by atoms with Gasteiger partial charge in [-0.15, -0.1) is 0 Å². The van der Waals surface area contributed by atoms with E-state index in [0.29, 0.717) is 29.9 Å². The zero-order valence-electron chi connectivity index (χ0n) is 10.4. The van der Waals surface area contributed by atoms with Gasteiger partial charge in [-0.1, -0.05) is 0 Å². The standard InChI is InChI=1S/C12H15N3O3/c1-7-6-9(8(2)14-13-7)11(16)15-5-3-4-10(15)12(17)18/h6,10H,3-5H2,1-2H3,(H,17,18)/t10-/m1/s1. The number of aromatic nitrogens is 2. The zero-order valence-corrected chi connectivity index (χ0v) is 10.4. The number of amides is 1. The van der Waals surface area contributed by atoms with Crippen LogP contribution in [-0.4, -0.2) is 44.7 Å². The fourth-order valence-electron chi connectivity index (χ4n) is 2.19. The molecule has 6 nitrogen and oxygen atoms in total. The molecule has 0 radical (unpaired) electrons. The molecule has 1 N–H and O–H groups in total. The minimum atomic E-state index is -0.947. The van der Waals surface area contributed by atoms with Crippen LogP contribution in [0, 0.1) is 13.8 Å². The van der Waals surface area contributed by atoms with E-state index in [2.05, 4.69) is 10.2 Å². The van der Waals surface area contributed by atoms with Crippen LogP contribution in [0.4, 0.5) is 0 Å². The molecular formula is C12H15N3O3. The second-order valence-corrected chi connectivity index (χ2v) is 4.48. The summed E-state index contributed by atoms with van der Waals surface area (Å²) in [5.41, 5.74) is 1.62. The highest BCUT2D eigenvalue weighted by atomic mass is 16.4. The number of carbonyl (C=O) groups is 2. The molecule has 0 aliphatic carbocycles. The number of rotatable bonds is 2. The molecule has 1 atom stereocenters. The summed E-state index contributed by atoms with van der Waals surface area (Å²) in [5.74, 6) is -1.22. The maximum atomic E-state index is 12.3. The van der Waals surface area contributed by atoms with E-state index in [-0.39, 0.29) is 5.91 Å². The Balaban J connectivity index is 2.31. The van der Waals surface area contributed by atoms with E-state index in [1.165, 1.54) is 4.90 Å². The van der Waals surface area contributed by atoms with Crippen LogP contribution in [-0.2, 0) is 4.79 Å². The number of aliphatic carboxylic acids is 1. The molecule has 96 valence electrons. The maximum absolute atomic E-state index is 12.3. The number of hydrogen-bond donors (Lipinski definition) is 1. The van der Waals surface area contributed by atoms with Crippen LogP contribution in [0.15, 0.2) is 6.07 Å². The van der Waals surface area contributed by atoms with Crippen molar-refractivity contribution in [2.75, 3.05) is 6.54 Å². The summed E-state index contributed by atoms with van der Waals surface area (Å²) >= 11 is 0. The van der Waals surface area contributed by atoms with Gasteiger partial charge in [0.05, 0.1) is 17.0 Å². The van der Waals surface area contributed by atoms with Crippen molar-refractivity contribution in [3.63, 3.8) is 0 Å². The number of carbonyl (C=O) groups excluding carboxylic acids is 1. The molecule has 1 aromatic heterocycles. The van der Waals surface area contributed by atoms with Crippen LogP contribution in [0.25, 0.3) is 0 Å². The molecule has 2 heterocycles. The number of hydrogen-bond acceptors (Lipinski definition) is 4. The lowest BCUT2D eigenvalue weighted by Gasteiger charge is -2.21. The molecule has 6 heteroatoms. The Morgan fingerprint density at radius 1 is 1.39 bits per heavy atom. The average molecular weight is 249 g/mol. The van der Waals surface area contributed by atoms with E-state index in [9.17, 15) is 9.59 Å². The highest BCUT2D eigenvalue weighted by Gasteiger charge is 2.35. The van der Waals surface area contributed by atoms with Gasteiger partial charge in [-0.25, -0.2) is 4.79 Å².